The Hall–Kier alpha value is -2.02. The Labute approximate surface area is 147 Å². The van der Waals surface area contributed by atoms with Gasteiger partial charge in [0.1, 0.15) is 0 Å². The molecule has 0 aliphatic heterocycles. The number of para-hydroxylation sites is 1. The van der Waals surface area contributed by atoms with Crippen LogP contribution >= 0.6 is 0 Å². The first-order valence-electron chi connectivity index (χ1n) is 9.06. The minimum Gasteiger partial charge on any atom is -0.361 e. The summed E-state index contributed by atoms with van der Waals surface area (Å²) in [4.78, 5) is 3.35. The van der Waals surface area contributed by atoms with Crippen molar-refractivity contribution >= 4 is 10.9 Å². The van der Waals surface area contributed by atoms with E-state index < -0.39 is 0 Å². The normalized spacial score (nSPS) is 12.7. The number of hydrogen-bond donors (Lipinski definition) is 1. The molecule has 2 rings (SSSR count). The highest BCUT2D eigenvalue weighted by Crippen LogP contribution is 2.19. The molecule has 0 aliphatic carbocycles. The Bertz CT molecular complexity index is 736. The van der Waals surface area contributed by atoms with Gasteiger partial charge in [-0.2, -0.15) is 0 Å². The molecule has 1 heterocycles. The molecule has 0 aliphatic rings. The molecule has 0 amide bonds. The lowest BCUT2D eigenvalue weighted by molar-refractivity contribution is 0.914. The zero-order valence-electron chi connectivity index (χ0n) is 15.7. The average Bonchev–Trinajstić information content (AvgIpc) is 2.96. The van der Waals surface area contributed by atoms with Crippen molar-refractivity contribution in [1.82, 2.24) is 4.98 Å². The van der Waals surface area contributed by atoms with E-state index in [9.17, 15) is 0 Å². The van der Waals surface area contributed by atoms with Gasteiger partial charge in [-0.15, -0.1) is 0 Å². The molecule has 0 saturated carbocycles. The van der Waals surface area contributed by atoms with Crippen molar-refractivity contribution in [3.05, 3.63) is 71.0 Å². The van der Waals surface area contributed by atoms with Gasteiger partial charge in [0, 0.05) is 17.1 Å². The molecule has 0 spiro atoms. The summed E-state index contributed by atoms with van der Waals surface area (Å²) in [5.74, 6) is 0. The number of allylic oxidation sites excluding steroid dienone is 6. The van der Waals surface area contributed by atoms with Crippen LogP contribution in [0.2, 0.25) is 0 Å². The number of hydrogen-bond acceptors (Lipinski definition) is 0. The van der Waals surface area contributed by atoms with Crippen molar-refractivity contribution in [2.24, 2.45) is 0 Å². The van der Waals surface area contributed by atoms with Gasteiger partial charge in [-0.05, 0) is 71.4 Å². The molecule has 1 aromatic heterocycles. The van der Waals surface area contributed by atoms with Gasteiger partial charge in [-0.1, -0.05) is 53.1 Å². The minimum atomic E-state index is 1.01. The maximum absolute atomic E-state index is 3.35. The zero-order valence-corrected chi connectivity index (χ0v) is 15.7. The molecule has 0 radical (unpaired) electrons. The zero-order chi connectivity index (χ0) is 17.4. The Balaban J connectivity index is 1.81. The summed E-state index contributed by atoms with van der Waals surface area (Å²) < 4.78 is 0. The van der Waals surface area contributed by atoms with Crippen molar-refractivity contribution in [2.45, 2.75) is 59.8 Å². The van der Waals surface area contributed by atoms with E-state index in [0.29, 0.717) is 0 Å². The second-order valence-electron chi connectivity index (χ2n) is 7.02. The average molecular weight is 322 g/mol. The van der Waals surface area contributed by atoms with Crippen LogP contribution in [0.3, 0.4) is 0 Å². The van der Waals surface area contributed by atoms with Crippen LogP contribution in [0, 0.1) is 0 Å². The van der Waals surface area contributed by atoms with Gasteiger partial charge in [0.25, 0.3) is 0 Å². The molecule has 0 saturated heterocycles. The van der Waals surface area contributed by atoms with Crippen LogP contribution in [-0.2, 0) is 6.42 Å². The summed E-state index contributed by atoms with van der Waals surface area (Å²) in [6.07, 6.45) is 14.9. The summed E-state index contributed by atoms with van der Waals surface area (Å²) >= 11 is 0. The first-order chi connectivity index (χ1) is 11.6. The Kier molecular flexibility index (Phi) is 7.11. The predicted octanol–water partition coefficient (Wildman–Crippen LogP) is 7.13. The third-order valence-corrected chi connectivity index (χ3v) is 4.47. The highest BCUT2D eigenvalue weighted by Gasteiger charge is 2.01. The molecule has 0 bridgehead atoms. The van der Waals surface area contributed by atoms with Gasteiger partial charge in [0.05, 0.1) is 0 Å². The van der Waals surface area contributed by atoms with Crippen molar-refractivity contribution in [3.63, 3.8) is 0 Å². The first-order valence-corrected chi connectivity index (χ1v) is 9.06. The van der Waals surface area contributed by atoms with Crippen molar-refractivity contribution in [1.29, 1.82) is 0 Å². The lowest BCUT2D eigenvalue weighted by atomic mass is 10.0. The van der Waals surface area contributed by atoms with Crippen LogP contribution in [0.4, 0.5) is 0 Å². The number of rotatable bonds is 8. The number of aromatic amines is 1. The summed E-state index contributed by atoms with van der Waals surface area (Å²) in [5, 5.41) is 1.34. The summed E-state index contributed by atoms with van der Waals surface area (Å²) in [6.45, 7) is 8.84. The van der Waals surface area contributed by atoms with Crippen LogP contribution < -0.4 is 0 Å². The number of fused-ring (bicyclic) bond motifs is 1. The molecule has 1 heteroatoms. The van der Waals surface area contributed by atoms with E-state index in [1.54, 1.807) is 0 Å². The summed E-state index contributed by atoms with van der Waals surface area (Å²) in [7, 11) is 0. The minimum absolute atomic E-state index is 1.01. The highest BCUT2D eigenvalue weighted by atomic mass is 14.7. The van der Waals surface area contributed by atoms with E-state index >= 15 is 0 Å². The second-order valence-corrected chi connectivity index (χ2v) is 7.02. The molecule has 0 atom stereocenters. The topological polar surface area (TPSA) is 15.8 Å². The number of benzene rings is 1. The molecular weight excluding hydrogens is 290 g/mol. The monoisotopic (exact) mass is 321 g/mol. The van der Waals surface area contributed by atoms with E-state index in [-0.39, 0.29) is 0 Å². The predicted molar refractivity (Wildman–Crippen MR) is 107 cm³/mol. The smallest absolute Gasteiger partial charge is 0.0456 e. The Morgan fingerprint density at radius 1 is 0.875 bits per heavy atom. The molecule has 1 N–H and O–H groups in total. The maximum Gasteiger partial charge on any atom is 0.0456 e. The lowest BCUT2D eigenvalue weighted by Gasteiger charge is -2.02. The molecule has 128 valence electrons. The van der Waals surface area contributed by atoms with Gasteiger partial charge < -0.3 is 4.98 Å². The van der Waals surface area contributed by atoms with Gasteiger partial charge >= 0.3 is 0 Å². The molecule has 1 aromatic carbocycles. The van der Waals surface area contributed by atoms with Crippen LogP contribution in [-0.4, -0.2) is 4.98 Å². The number of H-pyrrole nitrogens is 1. The van der Waals surface area contributed by atoms with E-state index in [2.05, 4.69) is 81.4 Å². The molecule has 2 aromatic rings. The van der Waals surface area contributed by atoms with E-state index in [1.165, 1.54) is 46.0 Å². The number of nitrogens with one attached hydrogen (secondary N) is 1. The van der Waals surface area contributed by atoms with Crippen LogP contribution in [0.1, 0.15) is 58.9 Å². The van der Waals surface area contributed by atoms with Crippen LogP contribution in [0.5, 0.6) is 0 Å². The SMILES string of the molecule is CC(C)=CCCC(C)=CCCC(C)=CCc1c[nH]c2ccccc12. The standard InChI is InChI=1S/C23H31N/c1-18(2)9-7-10-19(3)11-8-12-20(4)15-16-21-17-24-23-14-6-5-13-22(21)23/h5-6,9,11,13-15,17,24H,7-8,10,12,16H2,1-4H3. The molecule has 24 heavy (non-hydrogen) atoms. The van der Waals surface area contributed by atoms with Gasteiger partial charge in [-0.25, -0.2) is 0 Å². The largest absolute Gasteiger partial charge is 0.361 e. The van der Waals surface area contributed by atoms with E-state index in [0.717, 1.165) is 19.3 Å². The molecule has 0 unspecified atom stereocenters. The first kappa shape index (κ1) is 18.3. The molecule has 1 nitrogen and oxygen atoms in total. The highest BCUT2D eigenvalue weighted by molar-refractivity contribution is 5.83. The van der Waals surface area contributed by atoms with E-state index in [4.69, 9.17) is 0 Å². The number of aromatic nitrogens is 1. The third kappa shape index (κ3) is 5.88. The Morgan fingerprint density at radius 2 is 1.54 bits per heavy atom. The molecular formula is C23H31N. The fraction of sp³-hybridized carbons (Fsp3) is 0.391. The van der Waals surface area contributed by atoms with Crippen molar-refractivity contribution < 1.29 is 0 Å². The van der Waals surface area contributed by atoms with Crippen LogP contribution in [0.25, 0.3) is 10.9 Å². The quantitative estimate of drug-likeness (QED) is 0.498. The second kappa shape index (κ2) is 9.32. The van der Waals surface area contributed by atoms with Gasteiger partial charge in [0.2, 0.25) is 0 Å². The van der Waals surface area contributed by atoms with Crippen molar-refractivity contribution in [3.8, 4) is 0 Å². The summed E-state index contributed by atoms with van der Waals surface area (Å²) in [5.41, 5.74) is 7.02. The third-order valence-electron chi connectivity index (χ3n) is 4.47. The molecule has 0 fully saturated rings. The van der Waals surface area contributed by atoms with Crippen molar-refractivity contribution in [2.75, 3.05) is 0 Å². The fourth-order valence-corrected chi connectivity index (χ4v) is 2.92. The van der Waals surface area contributed by atoms with Crippen LogP contribution in [0.15, 0.2) is 65.4 Å². The van der Waals surface area contributed by atoms with Gasteiger partial charge in [0.15, 0.2) is 0 Å². The Morgan fingerprint density at radius 3 is 2.29 bits per heavy atom. The fourth-order valence-electron chi connectivity index (χ4n) is 2.92. The van der Waals surface area contributed by atoms with E-state index in [1.807, 2.05) is 0 Å². The van der Waals surface area contributed by atoms with Gasteiger partial charge in [-0.3, -0.25) is 0 Å². The maximum atomic E-state index is 3.35. The summed E-state index contributed by atoms with van der Waals surface area (Å²) in [6, 6.07) is 8.52. The lowest BCUT2D eigenvalue weighted by Crippen LogP contribution is -1.83.